The Balaban J connectivity index is 1.81. The van der Waals surface area contributed by atoms with E-state index in [1.807, 2.05) is 25.1 Å². The number of rotatable bonds is 7. The fourth-order valence-electron chi connectivity index (χ4n) is 3.01. The molecule has 0 atom stereocenters. The molecule has 0 aromatic heterocycles. The lowest BCUT2D eigenvalue weighted by Crippen LogP contribution is -2.53. The number of nitrogens with one attached hydrogen (secondary N) is 1. The van der Waals surface area contributed by atoms with Crippen LogP contribution in [0.5, 0.6) is 11.5 Å². The van der Waals surface area contributed by atoms with E-state index in [1.165, 1.54) is 19.3 Å². The Bertz CT molecular complexity index is 552. The summed E-state index contributed by atoms with van der Waals surface area (Å²) in [4.78, 5) is 14.6. The van der Waals surface area contributed by atoms with Crippen LogP contribution in [0.4, 0.5) is 0 Å². The lowest BCUT2D eigenvalue weighted by atomic mass is 9.98. The Morgan fingerprint density at radius 3 is 2.58 bits per heavy atom. The topological polar surface area (TPSA) is 50.8 Å². The fourth-order valence-corrected chi connectivity index (χ4v) is 3.01. The molecule has 0 bridgehead atoms. The maximum absolute atomic E-state index is 12.1. The molecule has 1 aromatic rings. The second-order valence-electron chi connectivity index (χ2n) is 7.08. The zero-order valence-electron chi connectivity index (χ0n) is 15.4. The van der Waals surface area contributed by atoms with Crippen LogP contribution in [0, 0.1) is 6.92 Å². The van der Waals surface area contributed by atoms with E-state index in [0.29, 0.717) is 18.0 Å². The van der Waals surface area contributed by atoms with Gasteiger partial charge < -0.3 is 14.8 Å². The summed E-state index contributed by atoms with van der Waals surface area (Å²) >= 11 is 0. The number of benzene rings is 1. The van der Waals surface area contributed by atoms with Gasteiger partial charge in [0.1, 0.15) is 0 Å². The van der Waals surface area contributed by atoms with E-state index in [2.05, 4.69) is 24.1 Å². The number of aryl methyl sites for hydroxylation is 1. The number of hydrogen-bond acceptors (Lipinski definition) is 4. The van der Waals surface area contributed by atoms with Gasteiger partial charge in [0.15, 0.2) is 18.1 Å². The highest BCUT2D eigenvalue weighted by molar-refractivity contribution is 5.77. The summed E-state index contributed by atoms with van der Waals surface area (Å²) < 4.78 is 10.9. The van der Waals surface area contributed by atoms with Crippen molar-refractivity contribution in [1.29, 1.82) is 0 Å². The minimum absolute atomic E-state index is 0.00446. The lowest BCUT2D eigenvalue weighted by Gasteiger charge is -2.41. The maximum atomic E-state index is 12.1. The smallest absolute Gasteiger partial charge is 0.258 e. The second kappa shape index (κ2) is 8.38. The third-order valence-corrected chi connectivity index (χ3v) is 4.61. The lowest BCUT2D eigenvalue weighted by molar-refractivity contribution is -0.123. The Morgan fingerprint density at radius 1 is 1.21 bits per heavy atom. The number of hydrogen-bond donors (Lipinski definition) is 1. The molecule has 5 heteroatoms. The zero-order chi connectivity index (χ0) is 17.6. The molecule has 134 valence electrons. The van der Waals surface area contributed by atoms with Crippen molar-refractivity contribution < 1.29 is 14.3 Å². The first-order valence-corrected chi connectivity index (χ1v) is 8.71. The number of carbonyl (C=O) groups excluding carboxylic acids is 1. The molecule has 1 amide bonds. The van der Waals surface area contributed by atoms with Crippen molar-refractivity contribution in [3.8, 4) is 11.5 Å². The van der Waals surface area contributed by atoms with Gasteiger partial charge in [0, 0.05) is 12.1 Å². The average Bonchev–Trinajstić information content (AvgIpc) is 2.59. The molecule has 1 saturated heterocycles. The van der Waals surface area contributed by atoms with Crippen LogP contribution < -0.4 is 14.8 Å². The summed E-state index contributed by atoms with van der Waals surface area (Å²) in [6.07, 6.45) is 3.80. The second-order valence-corrected chi connectivity index (χ2v) is 7.08. The van der Waals surface area contributed by atoms with E-state index >= 15 is 0 Å². The van der Waals surface area contributed by atoms with Crippen LogP contribution >= 0.6 is 0 Å². The predicted molar refractivity (Wildman–Crippen MR) is 95.7 cm³/mol. The molecular weight excluding hydrogens is 304 g/mol. The number of piperidine rings is 1. The third-order valence-electron chi connectivity index (χ3n) is 4.61. The highest BCUT2D eigenvalue weighted by Gasteiger charge is 2.28. The van der Waals surface area contributed by atoms with Crippen molar-refractivity contribution in [1.82, 2.24) is 10.2 Å². The fraction of sp³-hybridized carbons (Fsp3) is 0.632. The average molecular weight is 334 g/mol. The first-order valence-electron chi connectivity index (χ1n) is 8.71. The Labute approximate surface area is 145 Å². The van der Waals surface area contributed by atoms with Crippen LogP contribution in [0.2, 0.25) is 0 Å². The van der Waals surface area contributed by atoms with Gasteiger partial charge in [-0.2, -0.15) is 0 Å². The van der Waals surface area contributed by atoms with Crippen molar-refractivity contribution >= 4 is 5.91 Å². The maximum Gasteiger partial charge on any atom is 0.258 e. The largest absolute Gasteiger partial charge is 0.493 e. The van der Waals surface area contributed by atoms with Gasteiger partial charge in [-0.3, -0.25) is 9.69 Å². The molecule has 1 heterocycles. The van der Waals surface area contributed by atoms with Crippen molar-refractivity contribution in [3.63, 3.8) is 0 Å². The van der Waals surface area contributed by atoms with Crippen LogP contribution in [-0.2, 0) is 4.79 Å². The summed E-state index contributed by atoms with van der Waals surface area (Å²) in [5.74, 6) is 1.13. The highest BCUT2D eigenvalue weighted by atomic mass is 16.5. The molecular formula is C19H30N2O3. The zero-order valence-corrected chi connectivity index (χ0v) is 15.4. The molecule has 1 aromatic carbocycles. The van der Waals surface area contributed by atoms with Crippen molar-refractivity contribution in [2.24, 2.45) is 0 Å². The molecule has 5 nitrogen and oxygen atoms in total. The van der Waals surface area contributed by atoms with Crippen LogP contribution in [0.25, 0.3) is 0 Å². The third kappa shape index (κ3) is 5.13. The molecule has 0 saturated carbocycles. The van der Waals surface area contributed by atoms with E-state index in [1.54, 1.807) is 7.11 Å². The standard InChI is InChI=1S/C19H30N2O3/c1-15-8-9-16(17(12-15)23-4)24-13-18(22)20-14-19(2,3)21-10-6-5-7-11-21/h8-9,12H,5-7,10-11,13-14H2,1-4H3,(H,20,22). The van der Waals surface area contributed by atoms with E-state index in [4.69, 9.17) is 9.47 Å². The summed E-state index contributed by atoms with van der Waals surface area (Å²) in [7, 11) is 1.60. The monoisotopic (exact) mass is 334 g/mol. The van der Waals surface area contributed by atoms with Gasteiger partial charge in [-0.15, -0.1) is 0 Å². The molecule has 0 radical (unpaired) electrons. The summed E-state index contributed by atoms with van der Waals surface area (Å²) in [6, 6.07) is 5.67. The molecule has 2 rings (SSSR count). The van der Waals surface area contributed by atoms with Crippen molar-refractivity contribution in [2.75, 3.05) is 33.4 Å². The van der Waals surface area contributed by atoms with E-state index < -0.39 is 0 Å². The van der Waals surface area contributed by atoms with Gasteiger partial charge in [-0.25, -0.2) is 0 Å². The number of methoxy groups -OCH3 is 1. The van der Waals surface area contributed by atoms with Gasteiger partial charge in [0.05, 0.1) is 7.11 Å². The normalized spacial score (nSPS) is 15.8. The van der Waals surface area contributed by atoms with Crippen LogP contribution in [0.3, 0.4) is 0 Å². The summed E-state index contributed by atoms with van der Waals surface area (Å²) in [6.45, 7) is 9.20. The molecule has 1 fully saturated rings. The number of nitrogens with zero attached hydrogens (tertiary/aromatic N) is 1. The minimum atomic E-state index is -0.109. The van der Waals surface area contributed by atoms with Crippen LogP contribution in [-0.4, -0.2) is 49.7 Å². The van der Waals surface area contributed by atoms with Gasteiger partial charge >= 0.3 is 0 Å². The first kappa shape index (κ1) is 18.6. The van der Waals surface area contributed by atoms with Crippen LogP contribution in [0.15, 0.2) is 18.2 Å². The van der Waals surface area contributed by atoms with Gasteiger partial charge in [0.2, 0.25) is 0 Å². The Morgan fingerprint density at radius 2 is 1.92 bits per heavy atom. The minimum Gasteiger partial charge on any atom is -0.493 e. The summed E-state index contributed by atoms with van der Waals surface area (Å²) in [5, 5.41) is 2.99. The van der Waals surface area contributed by atoms with Gasteiger partial charge in [-0.05, 0) is 64.4 Å². The molecule has 24 heavy (non-hydrogen) atoms. The van der Waals surface area contributed by atoms with Gasteiger partial charge in [0.25, 0.3) is 5.91 Å². The highest BCUT2D eigenvalue weighted by Crippen LogP contribution is 2.27. The molecule has 0 unspecified atom stereocenters. The molecule has 0 aliphatic carbocycles. The molecule has 1 N–H and O–H groups in total. The summed E-state index contributed by atoms with van der Waals surface area (Å²) in [5.41, 5.74) is 1.06. The number of carbonyl (C=O) groups is 1. The number of ether oxygens (including phenoxy) is 2. The quantitative estimate of drug-likeness (QED) is 0.833. The van der Waals surface area contributed by atoms with Crippen molar-refractivity contribution in [3.05, 3.63) is 23.8 Å². The number of amides is 1. The Kier molecular flexibility index (Phi) is 6.49. The van der Waals surface area contributed by atoms with Crippen molar-refractivity contribution in [2.45, 2.75) is 45.6 Å². The van der Waals surface area contributed by atoms with Crippen LogP contribution in [0.1, 0.15) is 38.7 Å². The van der Waals surface area contributed by atoms with E-state index in [0.717, 1.165) is 18.7 Å². The van der Waals surface area contributed by atoms with E-state index in [9.17, 15) is 4.79 Å². The van der Waals surface area contributed by atoms with E-state index in [-0.39, 0.29) is 18.1 Å². The predicted octanol–water partition coefficient (Wildman–Crippen LogP) is 2.76. The molecule has 1 aliphatic rings. The molecule has 1 aliphatic heterocycles. The van der Waals surface area contributed by atoms with Gasteiger partial charge in [-0.1, -0.05) is 12.5 Å². The SMILES string of the molecule is COc1cc(C)ccc1OCC(=O)NCC(C)(C)N1CCCCC1. The first-order chi connectivity index (χ1) is 11.4. The Hall–Kier alpha value is -1.75. The molecule has 0 spiro atoms. The number of likely N-dealkylation sites (tertiary alicyclic amines) is 1.